The Morgan fingerprint density at radius 1 is 1.45 bits per heavy atom. The smallest absolute Gasteiger partial charge is 0.119 e. The molecule has 0 amide bonds. The van der Waals surface area contributed by atoms with E-state index in [1.54, 1.807) is 7.11 Å². The molecule has 4 heteroatoms. The van der Waals surface area contributed by atoms with Crippen LogP contribution in [-0.4, -0.2) is 31.6 Å². The van der Waals surface area contributed by atoms with Gasteiger partial charge in [-0.3, -0.25) is 4.90 Å². The van der Waals surface area contributed by atoms with Gasteiger partial charge in [-0.15, -0.1) is 0 Å². The standard InChI is InChI=1S/C16H25BrN2O/c1-3-8-19(11-12-4-5-12)16(10-18)14-9-13(20-2)6-7-15(14)17/h6-7,9,12,16H,3-5,8,10-11,18H2,1-2H3. The zero-order valence-electron chi connectivity index (χ0n) is 12.4. The average Bonchev–Trinajstić information content (AvgIpc) is 3.26. The Hall–Kier alpha value is -0.580. The normalized spacial score (nSPS) is 16.4. The molecule has 0 aromatic heterocycles. The van der Waals surface area contributed by atoms with Gasteiger partial charge in [0.05, 0.1) is 7.11 Å². The van der Waals surface area contributed by atoms with Crippen LogP contribution in [0.3, 0.4) is 0 Å². The molecule has 2 rings (SSSR count). The van der Waals surface area contributed by atoms with Gasteiger partial charge in [0.25, 0.3) is 0 Å². The lowest BCUT2D eigenvalue weighted by atomic mass is 10.0. The maximum Gasteiger partial charge on any atom is 0.119 e. The summed E-state index contributed by atoms with van der Waals surface area (Å²) in [5.74, 6) is 1.77. The van der Waals surface area contributed by atoms with Crippen molar-refractivity contribution in [3.8, 4) is 5.75 Å². The van der Waals surface area contributed by atoms with Crippen LogP contribution >= 0.6 is 15.9 Å². The third-order valence-corrected chi connectivity index (χ3v) is 4.65. The predicted octanol–water partition coefficient (Wildman–Crippen LogP) is 3.58. The Labute approximate surface area is 130 Å². The summed E-state index contributed by atoms with van der Waals surface area (Å²) in [5, 5.41) is 0. The second-order valence-electron chi connectivity index (χ2n) is 5.58. The lowest BCUT2D eigenvalue weighted by Gasteiger charge is -2.32. The van der Waals surface area contributed by atoms with Crippen LogP contribution in [-0.2, 0) is 0 Å². The van der Waals surface area contributed by atoms with E-state index in [2.05, 4.69) is 39.9 Å². The average molecular weight is 341 g/mol. The minimum absolute atomic E-state index is 0.264. The van der Waals surface area contributed by atoms with Crippen molar-refractivity contribution < 1.29 is 4.74 Å². The highest BCUT2D eigenvalue weighted by atomic mass is 79.9. The third kappa shape index (κ3) is 3.96. The number of ether oxygens (including phenoxy) is 1. The molecule has 1 aromatic carbocycles. The first-order valence-electron chi connectivity index (χ1n) is 7.47. The summed E-state index contributed by atoms with van der Waals surface area (Å²) >= 11 is 3.66. The first kappa shape index (κ1) is 15.8. The molecule has 1 aliphatic rings. The summed E-state index contributed by atoms with van der Waals surface area (Å²) in [6.07, 6.45) is 3.90. The fourth-order valence-electron chi connectivity index (χ4n) is 2.67. The van der Waals surface area contributed by atoms with Crippen LogP contribution in [0.25, 0.3) is 0 Å². The number of methoxy groups -OCH3 is 1. The van der Waals surface area contributed by atoms with Crippen LogP contribution in [0.1, 0.15) is 37.8 Å². The number of nitrogens with zero attached hydrogens (tertiary/aromatic N) is 1. The van der Waals surface area contributed by atoms with Crippen LogP contribution in [0, 0.1) is 5.92 Å². The molecule has 1 unspecified atom stereocenters. The van der Waals surface area contributed by atoms with Gasteiger partial charge in [-0.1, -0.05) is 22.9 Å². The Balaban J connectivity index is 2.23. The molecule has 1 aliphatic carbocycles. The number of hydrogen-bond donors (Lipinski definition) is 1. The van der Waals surface area contributed by atoms with E-state index in [1.807, 2.05) is 6.07 Å². The highest BCUT2D eigenvalue weighted by Gasteiger charge is 2.28. The van der Waals surface area contributed by atoms with Gasteiger partial charge in [0.1, 0.15) is 5.75 Å². The summed E-state index contributed by atoms with van der Waals surface area (Å²) in [5.41, 5.74) is 7.33. The Bertz CT molecular complexity index is 434. The molecule has 1 atom stereocenters. The van der Waals surface area contributed by atoms with E-state index in [0.717, 1.165) is 29.1 Å². The molecular formula is C16H25BrN2O. The van der Waals surface area contributed by atoms with Gasteiger partial charge in [0.2, 0.25) is 0 Å². The first-order valence-corrected chi connectivity index (χ1v) is 8.26. The van der Waals surface area contributed by atoms with Gasteiger partial charge in [-0.25, -0.2) is 0 Å². The molecule has 1 fully saturated rings. The molecule has 0 radical (unpaired) electrons. The summed E-state index contributed by atoms with van der Waals surface area (Å²) < 4.78 is 6.47. The number of nitrogens with two attached hydrogens (primary N) is 1. The molecule has 2 N–H and O–H groups in total. The summed E-state index contributed by atoms with van der Waals surface area (Å²) in [7, 11) is 1.71. The molecular weight excluding hydrogens is 316 g/mol. The van der Waals surface area contributed by atoms with Gasteiger partial charge in [0.15, 0.2) is 0 Å². The lowest BCUT2D eigenvalue weighted by molar-refractivity contribution is 0.192. The fraction of sp³-hybridized carbons (Fsp3) is 0.625. The molecule has 0 heterocycles. The number of rotatable bonds is 8. The highest BCUT2D eigenvalue weighted by molar-refractivity contribution is 9.10. The lowest BCUT2D eigenvalue weighted by Crippen LogP contribution is -2.36. The van der Waals surface area contributed by atoms with Gasteiger partial charge in [-0.2, -0.15) is 0 Å². The first-order chi connectivity index (χ1) is 9.69. The van der Waals surface area contributed by atoms with Gasteiger partial charge in [-0.05, 0) is 55.5 Å². The van der Waals surface area contributed by atoms with E-state index >= 15 is 0 Å². The topological polar surface area (TPSA) is 38.5 Å². The van der Waals surface area contributed by atoms with Crippen LogP contribution < -0.4 is 10.5 Å². The number of halogens is 1. The molecule has 1 saturated carbocycles. The second-order valence-corrected chi connectivity index (χ2v) is 6.43. The van der Waals surface area contributed by atoms with Crippen molar-refractivity contribution >= 4 is 15.9 Å². The zero-order chi connectivity index (χ0) is 14.5. The Kier molecular flexibility index (Phi) is 5.87. The Morgan fingerprint density at radius 2 is 2.20 bits per heavy atom. The molecule has 0 spiro atoms. The minimum Gasteiger partial charge on any atom is -0.497 e. The summed E-state index contributed by atoms with van der Waals surface area (Å²) in [6, 6.07) is 6.40. The summed E-state index contributed by atoms with van der Waals surface area (Å²) in [6.45, 7) is 5.13. The quantitative estimate of drug-likeness (QED) is 0.785. The van der Waals surface area contributed by atoms with Gasteiger partial charge < -0.3 is 10.5 Å². The van der Waals surface area contributed by atoms with E-state index in [9.17, 15) is 0 Å². The maximum absolute atomic E-state index is 6.09. The van der Waals surface area contributed by atoms with Crippen molar-refractivity contribution in [2.45, 2.75) is 32.2 Å². The Morgan fingerprint density at radius 3 is 2.75 bits per heavy atom. The van der Waals surface area contributed by atoms with Crippen LogP contribution in [0.15, 0.2) is 22.7 Å². The van der Waals surface area contributed by atoms with Crippen LogP contribution in [0.4, 0.5) is 0 Å². The number of benzene rings is 1. The van der Waals surface area contributed by atoms with Crippen LogP contribution in [0.2, 0.25) is 0 Å². The highest BCUT2D eigenvalue weighted by Crippen LogP contribution is 2.35. The van der Waals surface area contributed by atoms with Crippen molar-refractivity contribution in [2.24, 2.45) is 11.7 Å². The third-order valence-electron chi connectivity index (χ3n) is 3.93. The van der Waals surface area contributed by atoms with Crippen LogP contribution in [0.5, 0.6) is 5.75 Å². The second kappa shape index (κ2) is 7.43. The zero-order valence-corrected chi connectivity index (χ0v) is 14.0. The van der Waals surface area contributed by atoms with E-state index < -0.39 is 0 Å². The molecule has 0 bridgehead atoms. The molecule has 112 valence electrons. The van der Waals surface area contributed by atoms with Gasteiger partial charge >= 0.3 is 0 Å². The largest absolute Gasteiger partial charge is 0.497 e. The van der Waals surface area contributed by atoms with Crippen molar-refractivity contribution in [1.82, 2.24) is 4.90 Å². The van der Waals surface area contributed by atoms with E-state index in [1.165, 1.54) is 24.9 Å². The molecule has 0 saturated heterocycles. The van der Waals surface area contributed by atoms with Crippen molar-refractivity contribution in [1.29, 1.82) is 0 Å². The fourth-order valence-corrected chi connectivity index (χ4v) is 3.18. The predicted molar refractivity (Wildman–Crippen MR) is 87.1 cm³/mol. The van der Waals surface area contributed by atoms with Gasteiger partial charge in [0, 0.05) is 23.6 Å². The minimum atomic E-state index is 0.264. The molecule has 20 heavy (non-hydrogen) atoms. The van der Waals surface area contributed by atoms with Crippen molar-refractivity contribution in [3.63, 3.8) is 0 Å². The molecule has 1 aromatic rings. The van der Waals surface area contributed by atoms with E-state index in [0.29, 0.717) is 6.54 Å². The SMILES string of the molecule is CCCN(CC1CC1)C(CN)c1cc(OC)ccc1Br. The van der Waals surface area contributed by atoms with Crippen molar-refractivity contribution in [3.05, 3.63) is 28.2 Å². The maximum atomic E-state index is 6.09. The monoisotopic (exact) mass is 340 g/mol. The number of hydrogen-bond acceptors (Lipinski definition) is 3. The molecule has 0 aliphatic heterocycles. The van der Waals surface area contributed by atoms with Crippen molar-refractivity contribution in [2.75, 3.05) is 26.7 Å². The van der Waals surface area contributed by atoms with E-state index in [-0.39, 0.29) is 6.04 Å². The molecule has 3 nitrogen and oxygen atoms in total. The van der Waals surface area contributed by atoms with E-state index in [4.69, 9.17) is 10.5 Å². The summed E-state index contributed by atoms with van der Waals surface area (Å²) in [4.78, 5) is 2.54.